The van der Waals surface area contributed by atoms with Gasteiger partial charge in [0.2, 0.25) is 11.8 Å². The summed E-state index contributed by atoms with van der Waals surface area (Å²) in [4.78, 5) is 33.8. The van der Waals surface area contributed by atoms with Crippen molar-refractivity contribution in [2.24, 2.45) is 0 Å². The van der Waals surface area contributed by atoms with Crippen LogP contribution in [0.2, 0.25) is 0 Å². The molecular weight excluding hydrogens is 732 g/mol. The summed E-state index contributed by atoms with van der Waals surface area (Å²) in [5.74, 6) is 4.59. The molecule has 0 spiro atoms. The summed E-state index contributed by atoms with van der Waals surface area (Å²) in [5, 5.41) is 0. The fraction of sp³-hybridized carbons (Fsp3) is 0.542. The molecule has 9 heteroatoms. The van der Waals surface area contributed by atoms with Gasteiger partial charge in [0.05, 0.1) is 26.2 Å². The van der Waals surface area contributed by atoms with Crippen LogP contribution in [0.15, 0.2) is 81.6 Å². The van der Waals surface area contributed by atoms with Crippen molar-refractivity contribution >= 4 is 24.2 Å². The molecular formula is C48H69ClN4O4. The predicted molar refractivity (Wildman–Crippen MR) is 233 cm³/mol. The van der Waals surface area contributed by atoms with Crippen LogP contribution in [0.3, 0.4) is 0 Å². The van der Waals surface area contributed by atoms with Gasteiger partial charge in [0, 0.05) is 25.9 Å². The van der Waals surface area contributed by atoms with Gasteiger partial charge in [-0.2, -0.15) is 0 Å². The summed E-state index contributed by atoms with van der Waals surface area (Å²) in [7, 11) is 0. The fourth-order valence-corrected chi connectivity index (χ4v) is 7.85. The lowest BCUT2D eigenvalue weighted by Gasteiger charge is -2.26. The molecule has 312 valence electrons. The highest BCUT2D eigenvalue weighted by atomic mass is 35.5. The summed E-state index contributed by atoms with van der Waals surface area (Å²) < 4.78 is 12.2. The van der Waals surface area contributed by atoms with Gasteiger partial charge in [-0.1, -0.05) is 101 Å². The number of halogens is 1. The Morgan fingerprint density at radius 2 is 0.947 bits per heavy atom. The number of carbonyl (C=O) groups excluding carboxylic acids is 2. The van der Waals surface area contributed by atoms with Crippen LogP contribution in [0.1, 0.15) is 124 Å². The van der Waals surface area contributed by atoms with Crippen LogP contribution in [-0.2, 0) is 61.5 Å². The minimum Gasteiger partial charge on any atom is -0.463 e. The molecule has 2 aromatic heterocycles. The number of unbranched alkanes of at least 4 members (excludes halogenated alkanes) is 4. The number of hydrogen-bond acceptors (Lipinski definition) is 6. The Kier molecular flexibility index (Phi) is 20.0. The summed E-state index contributed by atoms with van der Waals surface area (Å²) in [6, 6.07) is 25.5. The number of benzene rings is 2. The van der Waals surface area contributed by atoms with Crippen molar-refractivity contribution in [2.45, 2.75) is 131 Å². The van der Waals surface area contributed by atoms with E-state index in [9.17, 15) is 9.59 Å². The van der Waals surface area contributed by atoms with Crippen LogP contribution in [0, 0.1) is 0 Å². The molecule has 6 rings (SSSR count). The first-order chi connectivity index (χ1) is 27.4. The van der Waals surface area contributed by atoms with Gasteiger partial charge in [0.1, 0.15) is 23.0 Å². The maximum atomic E-state index is 12.6. The fourth-order valence-electron chi connectivity index (χ4n) is 7.85. The quantitative estimate of drug-likeness (QED) is 0.0829. The van der Waals surface area contributed by atoms with Crippen molar-refractivity contribution in [1.29, 1.82) is 0 Å². The molecule has 0 fully saturated rings. The molecule has 4 aromatic rings. The predicted octanol–water partition coefficient (Wildman–Crippen LogP) is 10.0. The second-order valence-corrected chi connectivity index (χ2v) is 15.5. The third-order valence-electron chi connectivity index (χ3n) is 11.5. The van der Waals surface area contributed by atoms with E-state index in [1.807, 2.05) is 9.80 Å². The van der Waals surface area contributed by atoms with E-state index in [2.05, 4.69) is 110 Å². The molecule has 2 aliphatic heterocycles. The van der Waals surface area contributed by atoms with Gasteiger partial charge in [-0.15, -0.1) is 12.4 Å². The van der Waals surface area contributed by atoms with Crippen molar-refractivity contribution in [1.82, 2.24) is 19.6 Å². The molecule has 4 heterocycles. The van der Waals surface area contributed by atoms with E-state index in [4.69, 9.17) is 8.83 Å². The average molecular weight is 802 g/mol. The number of rotatable bonds is 20. The molecule has 0 bridgehead atoms. The number of nitrogens with zero attached hydrogens (tertiary/aromatic N) is 4. The minimum atomic E-state index is 0. The van der Waals surface area contributed by atoms with Gasteiger partial charge in [-0.05, 0) is 112 Å². The zero-order chi connectivity index (χ0) is 39.5. The second-order valence-electron chi connectivity index (χ2n) is 15.5. The Balaban J connectivity index is 0.000000248. The number of furan rings is 2. The highest BCUT2D eigenvalue weighted by Crippen LogP contribution is 2.26. The molecule has 0 unspecified atom stereocenters. The van der Waals surface area contributed by atoms with Crippen LogP contribution in [-0.4, -0.2) is 70.7 Å². The maximum Gasteiger partial charge on any atom is 0.222 e. The van der Waals surface area contributed by atoms with E-state index in [1.165, 1.54) is 22.3 Å². The number of fused-ring (bicyclic) bond motifs is 2. The van der Waals surface area contributed by atoms with E-state index < -0.39 is 0 Å². The lowest BCUT2D eigenvalue weighted by atomic mass is 10.0. The van der Waals surface area contributed by atoms with Gasteiger partial charge >= 0.3 is 0 Å². The molecule has 57 heavy (non-hydrogen) atoms. The summed E-state index contributed by atoms with van der Waals surface area (Å²) in [6.45, 7) is 17.4. The van der Waals surface area contributed by atoms with Crippen LogP contribution >= 0.6 is 12.4 Å². The van der Waals surface area contributed by atoms with Crippen LogP contribution in [0.4, 0.5) is 0 Å². The Hall–Kier alpha value is -3.85. The molecule has 0 radical (unpaired) electrons. The number of amides is 2. The summed E-state index contributed by atoms with van der Waals surface area (Å²) in [5.41, 5.74) is 5.34. The van der Waals surface area contributed by atoms with Gasteiger partial charge in [0.25, 0.3) is 0 Å². The Morgan fingerprint density at radius 1 is 0.561 bits per heavy atom. The highest BCUT2D eigenvalue weighted by Gasteiger charge is 2.25. The van der Waals surface area contributed by atoms with Gasteiger partial charge < -0.3 is 18.6 Å². The van der Waals surface area contributed by atoms with Gasteiger partial charge in [-0.3, -0.25) is 19.4 Å². The zero-order valence-corrected chi connectivity index (χ0v) is 36.1. The third kappa shape index (κ3) is 14.8. The molecule has 0 N–H and O–H groups in total. The van der Waals surface area contributed by atoms with Gasteiger partial charge in [0.15, 0.2) is 0 Å². The average Bonchev–Trinajstić information content (AvgIpc) is 3.84. The van der Waals surface area contributed by atoms with Crippen LogP contribution in [0.25, 0.3) is 0 Å². The Morgan fingerprint density at radius 3 is 1.32 bits per heavy atom. The molecule has 0 saturated heterocycles. The topological polar surface area (TPSA) is 73.4 Å². The van der Waals surface area contributed by atoms with Crippen molar-refractivity contribution in [3.05, 3.63) is 118 Å². The molecule has 0 aliphatic carbocycles. The lowest BCUT2D eigenvalue weighted by Crippen LogP contribution is -2.35. The molecule has 8 nitrogen and oxygen atoms in total. The molecule has 2 aliphatic rings. The third-order valence-corrected chi connectivity index (χ3v) is 11.5. The van der Waals surface area contributed by atoms with E-state index >= 15 is 0 Å². The van der Waals surface area contributed by atoms with E-state index in [0.717, 1.165) is 140 Å². The van der Waals surface area contributed by atoms with Gasteiger partial charge in [-0.25, -0.2) is 0 Å². The van der Waals surface area contributed by atoms with Crippen molar-refractivity contribution in [2.75, 3.05) is 39.3 Å². The summed E-state index contributed by atoms with van der Waals surface area (Å²) >= 11 is 0. The normalized spacial score (nSPS) is 13.5. The SMILES string of the molecule is CCN(CC)Cc1cc2c(o1)CN(C(=O)CCCCCc1ccccc1)CC2.CCN(CC)Cc1cc2c(o1)CN(C(=O)CCCCCc1ccccc1)CC2.Cl. The highest BCUT2D eigenvalue weighted by molar-refractivity contribution is 5.85. The standard InChI is InChI=1S/2C24H34N2O2.ClH/c2*1-3-25(4-2)18-22-17-21-15-16-26(19-23(21)28-22)24(27)14-10-6-9-13-20-11-7-5-8-12-20;/h2*5,7-8,11-12,17H,3-4,6,9-10,13-16,18-19H2,1-2H3;1H. The monoisotopic (exact) mass is 801 g/mol. The van der Waals surface area contributed by atoms with E-state index in [1.54, 1.807) is 0 Å². The maximum absolute atomic E-state index is 12.6. The van der Waals surface area contributed by atoms with Crippen molar-refractivity contribution < 1.29 is 18.4 Å². The number of carbonyl (C=O) groups is 2. The van der Waals surface area contributed by atoms with E-state index in [-0.39, 0.29) is 24.2 Å². The first kappa shape index (κ1) is 45.8. The second kappa shape index (κ2) is 24.8. The molecule has 2 aromatic carbocycles. The molecule has 2 amide bonds. The Labute approximate surface area is 349 Å². The number of aryl methyl sites for hydroxylation is 2. The van der Waals surface area contributed by atoms with Crippen LogP contribution < -0.4 is 0 Å². The largest absolute Gasteiger partial charge is 0.463 e. The molecule has 0 saturated carbocycles. The number of hydrogen-bond donors (Lipinski definition) is 0. The summed E-state index contributed by atoms with van der Waals surface area (Å²) in [6.07, 6.45) is 11.8. The van der Waals surface area contributed by atoms with Crippen LogP contribution in [0.5, 0.6) is 0 Å². The lowest BCUT2D eigenvalue weighted by molar-refractivity contribution is -0.133. The Bertz CT molecular complexity index is 1600. The first-order valence-corrected chi connectivity index (χ1v) is 21.7. The zero-order valence-electron chi connectivity index (χ0n) is 35.3. The van der Waals surface area contributed by atoms with Crippen molar-refractivity contribution in [3.63, 3.8) is 0 Å². The minimum absolute atomic E-state index is 0. The first-order valence-electron chi connectivity index (χ1n) is 21.7. The van der Waals surface area contributed by atoms with E-state index in [0.29, 0.717) is 25.9 Å². The smallest absolute Gasteiger partial charge is 0.222 e. The van der Waals surface area contributed by atoms with Crippen molar-refractivity contribution in [3.8, 4) is 0 Å². The molecule has 0 atom stereocenters.